The number of rotatable bonds is 7. The van der Waals surface area contributed by atoms with Crippen molar-refractivity contribution in [2.24, 2.45) is 0 Å². The van der Waals surface area contributed by atoms with Gasteiger partial charge in [-0.2, -0.15) is 5.10 Å². The molecule has 1 aromatic carbocycles. The van der Waals surface area contributed by atoms with Crippen LogP contribution < -0.4 is 10.9 Å². The summed E-state index contributed by atoms with van der Waals surface area (Å²) in [5.74, 6) is -0.228. The molecule has 0 bridgehead atoms. The van der Waals surface area contributed by atoms with Crippen LogP contribution in [0.4, 0.5) is 0 Å². The predicted molar refractivity (Wildman–Crippen MR) is 104 cm³/mol. The summed E-state index contributed by atoms with van der Waals surface area (Å²) in [7, 11) is 0. The number of aromatic nitrogens is 3. The molecule has 1 amide bonds. The van der Waals surface area contributed by atoms with Crippen molar-refractivity contribution in [2.45, 2.75) is 32.4 Å². The van der Waals surface area contributed by atoms with Gasteiger partial charge in [0.15, 0.2) is 0 Å². The summed E-state index contributed by atoms with van der Waals surface area (Å²) in [6, 6.07) is 16.9. The number of hydrogen-bond acceptors (Lipinski definition) is 4. The molecule has 0 aliphatic rings. The van der Waals surface area contributed by atoms with Crippen LogP contribution in [0.25, 0.3) is 11.3 Å². The van der Waals surface area contributed by atoms with Gasteiger partial charge in [0, 0.05) is 30.1 Å². The minimum absolute atomic E-state index is 0.00918. The molecular weight excluding hydrogens is 340 g/mol. The first kappa shape index (κ1) is 18.5. The molecule has 3 rings (SSSR count). The number of pyridine rings is 1. The van der Waals surface area contributed by atoms with E-state index in [1.165, 1.54) is 16.3 Å². The van der Waals surface area contributed by atoms with E-state index < -0.39 is 0 Å². The third-order valence-corrected chi connectivity index (χ3v) is 4.23. The molecule has 138 valence electrons. The van der Waals surface area contributed by atoms with Gasteiger partial charge in [-0.15, -0.1) is 0 Å². The van der Waals surface area contributed by atoms with Gasteiger partial charge >= 0.3 is 0 Å². The molecule has 0 fully saturated rings. The van der Waals surface area contributed by atoms with Crippen LogP contribution in [0.15, 0.2) is 71.8 Å². The van der Waals surface area contributed by atoms with Crippen molar-refractivity contribution >= 4 is 5.91 Å². The lowest BCUT2D eigenvalue weighted by Gasteiger charge is -2.14. The highest BCUT2D eigenvalue weighted by molar-refractivity contribution is 5.76. The second kappa shape index (κ2) is 8.89. The van der Waals surface area contributed by atoms with Crippen LogP contribution in [0, 0.1) is 0 Å². The van der Waals surface area contributed by atoms with E-state index in [-0.39, 0.29) is 24.1 Å². The second-order valence-corrected chi connectivity index (χ2v) is 6.45. The molecule has 2 heterocycles. The lowest BCUT2D eigenvalue weighted by Crippen LogP contribution is -2.38. The number of nitrogens with zero attached hydrogens (tertiary/aromatic N) is 3. The van der Waals surface area contributed by atoms with Crippen LogP contribution in [0.1, 0.15) is 18.9 Å². The van der Waals surface area contributed by atoms with E-state index in [1.807, 2.05) is 31.2 Å². The second-order valence-electron chi connectivity index (χ2n) is 6.45. The summed E-state index contributed by atoms with van der Waals surface area (Å²) in [5.41, 5.74) is 2.32. The van der Waals surface area contributed by atoms with Crippen molar-refractivity contribution in [3.8, 4) is 11.3 Å². The molecule has 0 spiro atoms. The molecule has 0 aliphatic carbocycles. The van der Waals surface area contributed by atoms with E-state index in [0.717, 1.165) is 18.4 Å². The van der Waals surface area contributed by atoms with Gasteiger partial charge in [-0.05, 0) is 43.5 Å². The lowest BCUT2D eigenvalue weighted by atomic mass is 10.1. The fraction of sp³-hybridized carbons (Fsp3) is 0.238. The highest BCUT2D eigenvalue weighted by atomic mass is 16.2. The topological polar surface area (TPSA) is 76.9 Å². The highest BCUT2D eigenvalue weighted by Gasteiger charge is 2.11. The van der Waals surface area contributed by atoms with Crippen molar-refractivity contribution in [1.82, 2.24) is 20.1 Å². The summed E-state index contributed by atoms with van der Waals surface area (Å²) >= 11 is 0. The standard InChI is InChI=1S/C21H22N4O2/c1-16(9-10-17-6-3-2-4-7-17)23-20(26)15-25-21(27)12-11-19(24-25)18-8-5-13-22-14-18/h2-8,11-14,16H,9-10,15H2,1H3,(H,23,26). The smallest absolute Gasteiger partial charge is 0.267 e. The summed E-state index contributed by atoms with van der Waals surface area (Å²) < 4.78 is 1.18. The van der Waals surface area contributed by atoms with Crippen LogP contribution in [-0.4, -0.2) is 26.7 Å². The molecule has 0 aliphatic heterocycles. The molecule has 1 unspecified atom stereocenters. The zero-order chi connectivity index (χ0) is 19.1. The number of nitrogens with one attached hydrogen (secondary N) is 1. The molecule has 0 saturated carbocycles. The number of hydrogen-bond donors (Lipinski definition) is 1. The first-order valence-corrected chi connectivity index (χ1v) is 8.93. The molecular formula is C21H22N4O2. The number of amides is 1. The molecule has 1 atom stereocenters. The van der Waals surface area contributed by atoms with Crippen molar-refractivity contribution in [1.29, 1.82) is 0 Å². The van der Waals surface area contributed by atoms with Gasteiger partial charge in [0.1, 0.15) is 6.54 Å². The monoisotopic (exact) mass is 362 g/mol. The maximum Gasteiger partial charge on any atom is 0.267 e. The van der Waals surface area contributed by atoms with E-state index in [2.05, 4.69) is 27.5 Å². The maximum absolute atomic E-state index is 12.3. The van der Waals surface area contributed by atoms with Gasteiger partial charge in [0.2, 0.25) is 5.91 Å². The van der Waals surface area contributed by atoms with E-state index in [0.29, 0.717) is 5.69 Å². The molecule has 0 radical (unpaired) electrons. The van der Waals surface area contributed by atoms with Gasteiger partial charge in [0.05, 0.1) is 5.69 Å². The first-order chi connectivity index (χ1) is 13.1. The van der Waals surface area contributed by atoms with Crippen molar-refractivity contribution in [2.75, 3.05) is 0 Å². The fourth-order valence-corrected chi connectivity index (χ4v) is 2.79. The van der Waals surface area contributed by atoms with Gasteiger partial charge in [-0.3, -0.25) is 14.6 Å². The van der Waals surface area contributed by atoms with Crippen molar-refractivity contribution in [3.05, 3.63) is 82.9 Å². The Kier molecular flexibility index (Phi) is 6.10. The zero-order valence-electron chi connectivity index (χ0n) is 15.2. The highest BCUT2D eigenvalue weighted by Crippen LogP contribution is 2.12. The Morgan fingerprint density at radius 2 is 1.93 bits per heavy atom. The summed E-state index contributed by atoms with van der Waals surface area (Å²) in [4.78, 5) is 28.4. The summed E-state index contributed by atoms with van der Waals surface area (Å²) in [6.45, 7) is 1.85. The van der Waals surface area contributed by atoms with Gasteiger partial charge in [-0.1, -0.05) is 30.3 Å². The Hall–Kier alpha value is -3.28. The number of benzene rings is 1. The number of carbonyl (C=O) groups excluding carboxylic acids is 1. The Labute approximate surface area is 157 Å². The molecule has 2 aromatic heterocycles. The normalized spacial score (nSPS) is 11.7. The molecule has 3 aromatic rings. The Balaban J connectivity index is 1.59. The minimum Gasteiger partial charge on any atom is -0.352 e. The average molecular weight is 362 g/mol. The first-order valence-electron chi connectivity index (χ1n) is 8.93. The molecule has 27 heavy (non-hydrogen) atoms. The Morgan fingerprint density at radius 1 is 1.11 bits per heavy atom. The van der Waals surface area contributed by atoms with E-state index in [4.69, 9.17) is 0 Å². The van der Waals surface area contributed by atoms with Crippen LogP contribution >= 0.6 is 0 Å². The predicted octanol–water partition coefficient (Wildman–Crippen LogP) is 2.44. The largest absolute Gasteiger partial charge is 0.352 e. The van der Waals surface area contributed by atoms with E-state index in [9.17, 15) is 9.59 Å². The third-order valence-electron chi connectivity index (χ3n) is 4.23. The van der Waals surface area contributed by atoms with Crippen LogP contribution in [0.5, 0.6) is 0 Å². The Bertz CT molecular complexity index is 939. The van der Waals surface area contributed by atoms with Gasteiger partial charge in [0.25, 0.3) is 5.56 Å². The average Bonchev–Trinajstić information content (AvgIpc) is 2.69. The maximum atomic E-state index is 12.3. The zero-order valence-corrected chi connectivity index (χ0v) is 15.2. The third kappa shape index (κ3) is 5.34. The van der Waals surface area contributed by atoms with Crippen LogP contribution in [-0.2, 0) is 17.8 Å². The van der Waals surface area contributed by atoms with Crippen LogP contribution in [0.2, 0.25) is 0 Å². The van der Waals surface area contributed by atoms with E-state index >= 15 is 0 Å². The number of aryl methyl sites for hydroxylation is 1. The lowest BCUT2D eigenvalue weighted by molar-refractivity contribution is -0.122. The molecule has 6 heteroatoms. The molecule has 6 nitrogen and oxygen atoms in total. The van der Waals surface area contributed by atoms with Crippen molar-refractivity contribution < 1.29 is 4.79 Å². The molecule has 0 saturated heterocycles. The van der Waals surface area contributed by atoms with Gasteiger partial charge < -0.3 is 5.32 Å². The summed E-state index contributed by atoms with van der Waals surface area (Å²) in [5, 5.41) is 7.22. The van der Waals surface area contributed by atoms with Gasteiger partial charge in [-0.25, -0.2) is 4.68 Å². The van der Waals surface area contributed by atoms with E-state index in [1.54, 1.807) is 24.5 Å². The Morgan fingerprint density at radius 3 is 2.67 bits per heavy atom. The van der Waals surface area contributed by atoms with Crippen molar-refractivity contribution in [3.63, 3.8) is 0 Å². The molecule has 1 N–H and O–H groups in total. The fourth-order valence-electron chi connectivity index (χ4n) is 2.79. The van der Waals surface area contributed by atoms with Crippen LogP contribution in [0.3, 0.4) is 0 Å². The summed E-state index contributed by atoms with van der Waals surface area (Å²) in [6.07, 6.45) is 5.05. The number of carbonyl (C=O) groups is 1. The quantitative estimate of drug-likeness (QED) is 0.700. The minimum atomic E-state index is -0.310. The SMILES string of the molecule is CC(CCc1ccccc1)NC(=O)Cn1nc(-c2cccnc2)ccc1=O.